The number of aromatic nitrogens is 1. The largest absolute Gasteiger partial charge is 0.379 e. The van der Waals surface area contributed by atoms with E-state index in [-0.39, 0.29) is 0 Å². The Morgan fingerprint density at radius 2 is 1.64 bits per heavy atom. The Hall–Kier alpha value is -1.81. The van der Waals surface area contributed by atoms with E-state index in [1.54, 1.807) is 0 Å². The molecule has 1 aromatic heterocycles. The minimum absolute atomic E-state index is 0.842. The minimum atomic E-state index is 0.842. The van der Waals surface area contributed by atoms with Crippen LogP contribution in [0.1, 0.15) is 12.0 Å². The predicted molar refractivity (Wildman–Crippen MR) is 104 cm³/mol. The zero-order valence-corrected chi connectivity index (χ0v) is 15.1. The molecule has 1 aliphatic heterocycles. The standard InChI is InChI=1S/C21H23ClN2O/c22-21-19(10-6-12-23-13-15-25-16-14-23)18-9-4-5-11-20(18)24(21)17-7-2-1-3-8-17/h1-5,7-9,11H,6,10,12-16H2. The second-order valence-corrected chi connectivity index (χ2v) is 6.87. The molecule has 0 N–H and O–H groups in total. The van der Waals surface area contributed by atoms with E-state index in [4.69, 9.17) is 16.3 Å². The van der Waals surface area contributed by atoms with Crippen LogP contribution in [0.4, 0.5) is 0 Å². The van der Waals surface area contributed by atoms with Crippen molar-refractivity contribution in [3.8, 4) is 5.69 Å². The molecule has 0 amide bonds. The number of aryl methyl sites for hydroxylation is 1. The van der Waals surface area contributed by atoms with Crippen LogP contribution in [0, 0.1) is 0 Å². The number of nitrogens with zero attached hydrogens (tertiary/aromatic N) is 2. The fourth-order valence-corrected chi connectivity index (χ4v) is 4.03. The van der Waals surface area contributed by atoms with Crippen molar-refractivity contribution in [1.29, 1.82) is 0 Å². The van der Waals surface area contributed by atoms with Crippen molar-refractivity contribution >= 4 is 22.5 Å². The van der Waals surface area contributed by atoms with Gasteiger partial charge < -0.3 is 4.74 Å². The molecule has 0 spiro atoms. The summed E-state index contributed by atoms with van der Waals surface area (Å²) in [6, 6.07) is 18.9. The Morgan fingerprint density at radius 3 is 2.44 bits per heavy atom. The lowest BCUT2D eigenvalue weighted by molar-refractivity contribution is 0.0375. The molecule has 0 bridgehead atoms. The third-order valence-corrected chi connectivity index (χ3v) is 5.33. The summed E-state index contributed by atoms with van der Waals surface area (Å²) >= 11 is 6.84. The maximum Gasteiger partial charge on any atom is 0.117 e. The first kappa shape index (κ1) is 16.6. The lowest BCUT2D eigenvalue weighted by Crippen LogP contribution is -2.36. The van der Waals surface area contributed by atoms with Gasteiger partial charge in [0, 0.05) is 24.2 Å². The van der Waals surface area contributed by atoms with Crippen molar-refractivity contribution in [3.63, 3.8) is 0 Å². The molecule has 0 aliphatic carbocycles. The molecule has 4 rings (SSSR count). The van der Waals surface area contributed by atoms with Gasteiger partial charge in [-0.15, -0.1) is 0 Å². The Balaban J connectivity index is 1.61. The summed E-state index contributed by atoms with van der Waals surface area (Å²) in [5.41, 5.74) is 3.55. The highest BCUT2D eigenvalue weighted by molar-refractivity contribution is 6.32. The van der Waals surface area contributed by atoms with Gasteiger partial charge in [-0.3, -0.25) is 9.47 Å². The Bertz CT molecular complexity index is 838. The third kappa shape index (κ3) is 3.45. The molecule has 4 heteroatoms. The van der Waals surface area contributed by atoms with Gasteiger partial charge in [0.15, 0.2) is 0 Å². The van der Waals surface area contributed by atoms with E-state index in [0.29, 0.717) is 0 Å². The molecule has 0 radical (unpaired) electrons. The molecule has 1 fully saturated rings. The number of para-hydroxylation sites is 2. The summed E-state index contributed by atoms with van der Waals surface area (Å²) in [5.74, 6) is 0. The van der Waals surface area contributed by atoms with Crippen LogP contribution in [0.5, 0.6) is 0 Å². The summed E-state index contributed by atoms with van der Waals surface area (Å²) in [6.07, 6.45) is 2.11. The molecule has 0 atom stereocenters. The summed E-state index contributed by atoms with van der Waals surface area (Å²) in [5, 5.41) is 2.10. The maximum atomic E-state index is 6.84. The van der Waals surface area contributed by atoms with Gasteiger partial charge in [0.2, 0.25) is 0 Å². The summed E-state index contributed by atoms with van der Waals surface area (Å²) in [4.78, 5) is 2.48. The van der Waals surface area contributed by atoms with E-state index >= 15 is 0 Å². The van der Waals surface area contributed by atoms with Gasteiger partial charge in [0.1, 0.15) is 5.15 Å². The molecular formula is C21H23ClN2O. The third-order valence-electron chi connectivity index (χ3n) is 4.93. The van der Waals surface area contributed by atoms with Crippen molar-refractivity contribution in [3.05, 3.63) is 65.3 Å². The van der Waals surface area contributed by atoms with Crippen molar-refractivity contribution in [1.82, 2.24) is 9.47 Å². The number of benzene rings is 2. The Labute approximate surface area is 153 Å². The smallest absolute Gasteiger partial charge is 0.117 e. The van der Waals surface area contributed by atoms with Crippen LogP contribution in [-0.2, 0) is 11.2 Å². The topological polar surface area (TPSA) is 17.4 Å². The zero-order chi connectivity index (χ0) is 17.1. The van der Waals surface area contributed by atoms with E-state index in [1.165, 1.54) is 16.5 Å². The highest BCUT2D eigenvalue weighted by Gasteiger charge is 2.17. The van der Waals surface area contributed by atoms with Gasteiger partial charge >= 0.3 is 0 Å². The van der Waals surface area contributed by atoms with Gasteiger partial charge in [-0.25, -0.2) is 0 Å². The number of hydrogen-bond donors (Lipinski definition) is 0. The molecule has 130 valence electrons. The van der Waals surface area contributed by atoms with Gasteiger partial charge in [-0.1, -0.05) is 48.0 Å². The SMILES string of the molecule is Clc1c(CCCN2CCOCC2)c2ccccc2n1-c1ccccc1. The first-order valence-corrected chi connectivity index (χ1v) is 9.36. The van der Waals surface area contributed by atoms with Crippen LogP contribution >= 0.6 is 11.6 Å². The van der Waals surface area contributed by atoms with E-state index in [2.05, 4.69) is 58.0 Å². The molecule has 25 heavy (non-hydrogen) atoms. The molecular weight excluding hydrogens is 332 g/mol. The van der Waals surface area contributed by atoms with Crippen molar-refractivity contribution in [2.45, 2.75) is 12.8 Å². The van der Waals surface area contributed by atoms with Crippen LogP contribution in [-0.4, -0.2) is 42.3 Å². The number of halogens is 1. The molecule has 1 saturated heterocycles. The molecule has 3 aromatic rings. The lowest BCUT2D eigenvalue weighted by Gasteiger charge is -2.26. The van der Waals surface area contributed by atoms with Gasteiger partial charge in [-0.05, 0) is 43.1 Å². The normalized spacial score (nSPS) is 15.7. The van der Waals surface area contributed by atoms with Crippen LogP contribution in [0.25, 0.3) is 16.6 Å². The van der Waals surface area contributed by atoms with Crippen molar-refractivity contribution < 1.29 is 4.74 Å². The zero-order valence-electron chi connectivity index (χ0n) is 14.3. The quantitative estimate of drug-likeness (QED) is 0.668. The first-order chi connectivity index (χ1) is 12.3. The van der Waals surface area contributed by atoms with Crippen LogP contribution in [0.3, 0.4) is 0 Å². The Kier molecular flexibility index (Phi) is 5.07. The number of hydrogen-bond acceptors (Lipinski definition) is 2. The molecule has 2 heterocycles. The second kappa shape index (κ2) is 7.61. The fraction of sp³-hybridized carbons (Fsp3) is 0.333. The van der Waals surface area contributed by atoms with Gasteiger partial charge in [0.25, 0.3) is 0 Å². The second-order valence-electron chi connectivity index (χ2n) is 6.52. The first-order valence-electron chi connectivity index (χ1n) is 8.98. The maximum absolute atomic E-state index is 6.84. The average Bonchev–Trinajstić information content (AvgIpc) is 2.95. The number of fused-ring (bicyclic) bond motifs is 1. The van der Waals surface area contributed by atoms with Crippen LogP contribution < -0.4 is 0 Å². The van der Waals surface area contributed by atoms with Crippen LogP contribution in [0.15, 0.2) is 54.6 Å². The Morgan fingerprint density at radius 1 is 0.920 bits per heavy atom. The molecule has 1 aliphatic rings. The monoisotopic (exact) mass is 354 g/mol. The molecule has 0 saturated carbocycles. The fourth-order valence-electron chi connectivity index (χ4n) is 3.65. The number of ether oxygens (including phenoxy) is 1. The summed E-state index contributed by atoms with van der Waals surface area (Å²) in [7, 11) is 0. The van der Waals surface area contributed by atoms with E-state index in [9.17, 15) is 0 Å². The van der Waals surface area contributed by atoms with E-state index in [0.717, 1.165) is 56.5 Å². The van der Waals surface area contributed by atoms with Gasteiger partial charge in [0.05, 0.1) is 18.7 Å². The molecule has 0 unspecified atom stereocenters. The number of rotatable bonds is 5. The highest BCUT2D eigenvalue weighted by atomic mass is 35.5. The van der Waals surface area contributed by atoms with E-state index < -0.39 is 0 Å². The average molecular weight is 355 g/mol. The van der Waals surface area contributed by atoms with Crippen molar-refractivity contribution in [2.75, 3.05) is 32.8 Å². The highest BCUT2D eigenvalue weighted by Crippen LogP contribution is 2.33. The summed E-state index contributed by atoms with van der Waals surface area (Å²) < 4.78 is 7.59. The van der Waals surface area contributed by atoms with E-state index in [1.807, 2.05) is 6.07 Å². The molecule has 2 aromatic carbocycles. The minimum Gasteiger partial charge on any atom is -0.379 e. The van der Waals surface area contributed by atoms with Crippen molar-refractivity contribution in [2.24, 2.45) is 0 Å². The van der Waals surface area contributed by atoms with Gasteiger partial charge in [-0.2, -0.15) is 0 Å². The predicted octanol–water partition coefficient (Wildman–Crippen LogP) is 4.55. The lowest BCUT2D eigenvalue weighted by atomic mass is 10.1. The summed E-state index contributed by atoms with van der Waals surface area (Å²) in [6.45, 7) is 4.89. The van der Waals surface area contributed by atoms with Crippen LogP contribution in [0.2, 0.25) is 5.15 Å². The number of morpholine rings is 1. The molecule has 3 nitrogen and oxygen atoms in total.